The first-order valence-electron chi connectivity index (χ1n) is 8.15. The monoisotopic (exact) mass is 337 g/mol. The van der Waals surface area contributed by atoms with Gasteiger partial charge in [-0.05, 0) is 43.4 Å². The molecule has 1 aliphatic carbocycles. The highest BCUT2D eigenvalue weighted by Gasteiger charge is 2.30. The minimum atomic E-state index is -0.828. The van der Waals surface area contributed by atoms with Crippen LogP contribution in [0.3, 0.4) is 0 Å². The number of amides is 1. The molecule has 0 saturated heterocycles. The van der Waals surface area contributed by atoms with Crippen molar-refractivity contribution < 1.29 is 14.3 Å². The number of esters is 1. The second kappa shape index (κ2) is 7.82. The molecule has 4 atom stereocenters. The molecule has 0 spiro atoms. The molecule has 4 nitrogen and oxygen atoms in total. The third-order valence-electron chi connectivity index (χ3n) is 4.75. The summed E-state index contributed by atoms with van der Waals surface area (Å²) >= 11 is 5.86. The maximum atomic E-state index is 12.3. The number of ether oxygens (including phenoxy) is 1. The Bertz CT molecular complexity index is 575. The van der Waals surface area contributed by atoms with Crippen molar-refractivity contribution in [1.82, 2.24) is 5.32 Å². The van der Waals surface area contributed by atoms with Crippen molar-refractivity contribution in [3.8, 4) is 0 Å². The normalized spacial score (nSPS) is 25.5. The van der Waals surface area contributed by atoms with Crippen molar-refractivity contribution in [1.29, 1.82) is 0 Å². The van der Waals surface area contributed by atoms with Gasteiger partial charge in [0.2, 0.25) is 0 Å². The van der Waals surface area contributed by atoms with Crippen LogP contribution in [0.25, 0.3) is 0 Å². The third kappa shape index (κ3) is 4.71. The van der Waals surface area contributed by atoms with Gasteiger partial charge in [0.25, 0.3) is 5.91 Å². The molecule has 5 heteroatoms. The van der Waals surface area contributed by atoms with Crippen molar-refractivity contribution in [3.05, 3.63) is 34.9 Å². The first-order chi connectivity index (χ1) is 10.9. The summed E-state index contributed by atoms with van der Waals surface area (Å²) in [7, 11) is 0. The van der Waals surface area contributed by atoms with Gasteiger partial charge >= 0.3 is 5.97 Å². The first-order valence-corrected chi connectivity index (χ1v) is 8.53. The number of hydrogen-bond acceptors (Lipinski definition) is 3. The van der Waals surface area contributed by atoms with E-state index in [0.29, 0.717) is 22.4 Å². The Hall–Kier alpha value is -1.55. The Morgan fingerprint density at radius 1 is 1.30 bits per heavy atom. The second-order valence-corrected chi connectivity index (χ2v) is 6.88. The molecule has 1 aliphatic rings. The highest BCUT2D eigenvalue weighted by molar-refractivity contribution is 6.30. The lowest BCUT2D eigenvalue weighted by Gasteiger charge is -2.35. The van der Waals surface area contributed by atoms with Crippen LogP contribution < -0.4 is 5.32 Å². The van der Waals surface area contributed by atoms with Crippen LogP contribution in [0.2, 0.25) is 5.02 Å². The minimum Gasteiger partial charge on any atom is -0.449 e. The van der Waals surface area contributed by atoms with Gasteiger partial charge in [0.15, 0.2) is 6.10 Å². The van der Waals surface area contributed by atoms with E-state index >= 15 is 0 Å². The summed E-state index contributed by atoms with van der Waals surface area (Å²) in [5.41, 5.74) is 0.344. The van der Waals surface area contributed by atoms with Gasteiger partial charge in [0.05, 0.1) is 5.56 Å². The lowest BCUT2D eigenvalue weighted by molar-refractivity contribution is -0.130. The molecule has 0 bridgehead atoms. The molecular formula is C18H24ClNO3. The standard InChI is InChI=1S/C18H24ClNO3/c1-11-6-4-9-16(12(11)2)20-17(21)13(3)23-18(22)14-7-5-8-15(19)10-14/h5,7-8,10-13,16H,4,6,9H2,1-3H3,(H,20,21)/t11-,12-,13-,16-/m1/s1. The van der Waals surface area contributed by atoms with E-state index in [1.165, 1.54) is 12.5 Å². The SMILES string of the molecule is C[C@@H]1[C@H](C)CCC[C@H]1NC(=O)[C@@H](C)OC(=O)c1cccc(Cl)c1. The molecule has 23 heavy (non-hydrogen) atoms. The van der Waals surface area contributed by atoms with Crippen molar-refractivity contribution >= 4 is 23.5 Å². The Morgan fingerprint density at radius 3 is 2.74 bits per heavy atom. The lowest BCUT2D eigenvalue weighted by atomic mass is 9.78. The van der Waals surface area contributed by atoms with Crippen LogP contribution in [0.5, 0.6) is 0 Å². The van der Waals surface area contributed by atoms with Crippen LogP contribution in [0, 0.1) is 11.8 Å². The Morgan fingerprint density at radius 2 is 2.04 bits per heavy atom. The molecule has 0 unspecified atom stereocenters. The van der Waals surface area contributed by atoms with Crippen molar-refractivity contribution in [3.63, 3.8) is 0 Å². The fourth-order valence-corrected chi connectivity index (χ4v) is 3.17. The van der Waals surface area contributed by atoms with Crippen LogP contribution in [0.15, 0.2) is 24.3 Å². The summed E-state index contributed by atoms with van der Waals surface area (Å²) in [6.07, 6.45) is 2.47. The zero-order valence-corrected chi connectivity index (χ0v) is 14.6. The van der Waals surface area contributed by atoms with Gasteiger partial charge in [-0.3, -0.25) is 4.79 Å². The number of hydrogen-bond donors (Lipinski definition) is 1. The maximum absolute atomic E-state index is 12.3. The van der Waals surface area contributed by atoms with Gasteiger partial charge in [-0.2, -0.15) is 0 Å². The first kappa shape index (κ1) is 17.8. The highest BCUT2D eigenvalue weighted by Crippen LogP contribution is 2.29. The summed E-state index contributed by atoms with van der Waals surface area (Å²) in [5.74, 6) is 0.244. The molecule has 0 heterocycles. The topological polar surface area (TPSA) is 55.4 Å². The van der Waals surface area contributed by atoms with Crippen LogP contribution >= 0.6 is 11.6 Å². The quantitative estimate of drug-likeness (QED) is 0.849. The summed E-state index contributed by atoms with van der Waals surface area (Å²) in [6, 6.07) is 6.65. The highest BCUT2D eigenvalue weighted by atomic mass is 35.5. The van der Waals surface area contributed by atoms with E-state index in [4.69, 9.17) is 16.3 Å². The fourth-order valence-electron chi connectivity index (χ4n) is 2.98. The Labute approximate surface area is 142 Å². The largest absolute Gasteiger partial charge is 0.449 e. The van der Waals surface area contributed by atoms with Crippen molar-refractivity contribution in [2.75, 3.05) is 0 Å². The average molecular weight is 338 g/mol. The number of carbonyl (C=O) groups excluding carboxylic acids is 2. The molecule has 1 fully saturated rings. The van der Waals surface area contributed by atoms with E-state index in [-0.39, 0.29) is 11.9 Å². The van der Waals surface area contributed by atoms with Gasteiger partial charge in [0, 0.05) is 11.1 Å². The van der Waals surface area contributed by atoms with E-state index in [9.17, 15) is 9.59 Å². The predicted octanol–water partition coefficient (Wildman–Crippen LogP) is 3.83. The molecule has 1 saturated carbocycles. The van der Waals surface area contributed by atoms with E-state index in [1.807, 2.05) is 0 Å². The number of benzene rings is 1. The van der Waals surface area contributed by atoms with Crippen molar-refractivity contribution in [2.24, 2.45) is 11.8 Å². The van der Waals surface area contributed by atoms with Crippen LogP contribution in [0.1, 0.15) is 50.4 Å². The molecule has 1 aromatic carbocycles. The molecule has 1 amide bonds. The maximum Gasteiger partial charge on any atom is 0.338 e. The zero-order chi connectivity index (χ0) is 17.0. The molecule has 0 aliphatic heterocycles. The molecule has 1 aromatic rings. The third-order valence-corrected chi connectivity index (χ3v) is 4.98. The lowest BCUT2D eigenvalue weighted by Crippen LogP contribution is -2.47. The average Bonchev–Trinajstić information content (AvgIpc) is 2.51. The Balaban J connectivity index is 1.91. The van der Waals surface area contributed by atoms with Crippen LogP contribution in [-0.4, -0.2) is 24.0 Å². The van der Waals surface area contributed by atoms with E-state index in [2.05, 4.69) is 19.2 Å². The molecular weight excluding hydrogens is 314 g/mol. The van der Waals surface area contributed by atoms with Gasteiger partial charge < -0.3 is 10.1 Å². The smallest absolute Gasteiger partial charge is 0.338 e. The van der Waals surface area contributed by atoms with E-state index < -0.39 is 12.1 Å². The fraction of sp³-hybridized carbons (Fsp3) is 0.556. The second-order valence-electron chi connectivity index (χ2n) is 6.44. The molecule has 0 aromatic heterocycles. The molecule has 0 radical (unpaired) electrons. The van der Waals surface area contributed by atoms with Crippen LogP contribution in [0.4, 0.5) is 0 Å². The predicted molar refractivity (Wildman–Crippen MR) is 90.4 cm³/mol. The number of halogens is 1. The minimum absolute atomic E-state index is 0.151. The zero-order valence-electron chi connectivity index (χ0n) is 13.8. The summed E-state index contributed by atoms with van der Waals surface area (Å²) in [6.45, 7) is 5.97. The molecule has 1 N–H and O–H groups in total. The summed E-state index contributed by atoms with van der Waals surface area (Å²) in [5, 5.41) is 3.48. The number of rotatable bonds is 4. The van der Waals surface area contributed by atoms with Gasteiger partial charge in [0.1, 0.15) is 0 Å². The number of nitrogens with one attached hydrogen (secondary N) is 1. The van der Waals surface area contributed by atoms with Gasteiger partial charge in [-0.15, -0.1) is 0 Å². The van der Waals surface area contributed by atoms with E-state index in [1.54, 1.807) is 25.1 Å². The number of carbonyl (C=O) groups is 2. The van der Waals surface area contributed by atoms with Crippen molar-refractivity contribution in [2.45, 2.75) is 52.2 Å². The summed E-state index contributed by atoms with van der Waals surface area (Å²) < 4.78 is 5.25. The van der Waals surface area contributed by atoms with Gasteiger partial charge in [-0.1, -0.05) is 44.4 Å². The Kier molecular flexibility index (Phi) is 6.05. The van der Waals surface area contributed by atoms with Crippen LogP contribution in [-0.2, 0) is 9.53 Å². The summed E-state index contributed by atoms with van der Waals surface area (Å²) in [4.78, 5) is 24.3. The molecule has 126 valence electrons. The van der Waals surface area contributed by atoms with Gasteiger partial charge in [-0.25, -0.2) is 4.79 Å². The molecule has 2 rings (SSSR count). The van der Waals surface area contributed by atoms with E-state index in [0.717, 1.165) is 12.8 Å².